The molecule has 0 aliphatic rings. The summed E-state index contributed by atoms with van der Waals surface area (Å²) in [4.78, 5) is 15.4. The summed E-state index contributed by atoms with van der Waals surface area (Å²) in [5.74, 6) is 0.0128. The van der Waals surface area contributed by atoms with Gasteiger partial charge in [0.1, 0.15) is 0 Å². The molecule has 1 amide bonds. The highest BCUT2D eigenvalue weighted by atomic mass is 35.5. The number of amides is 1. The third-order valence-electron chi connectivity index (χ3n) is 3.58. The number of benzene rings is 2. The summed E-state index contributed by atoms with van der Waals surface area (Å²) in [5.41, 5.74) is 3.10. The Hall–Kier alpha value is -2.10. The van der Waals surface area contributed by atoms with Gasteiger partial charge in [-0.2, -0.15) is 0 Å². The molecule has 0 saturated carbocycles. The molecule has 0 spiro atoms. The van der Waals surface area contributed by atoms with Gasteiger partial charge in [0, 0.05) is 10.7 Å². The first-order valence-corrected chi connectivity index (χ1v) is 8.56. The molecule has 3 rings (SSSR count). The molecule has 0 radical (unpaired) electrons. The first-order chi connectivity index (χ1) is 11.1. The second-order valence-electron chi connectivity index (χ2n) is 5.33. The molecule has 1 aromatic heterocycles. The number of halogens is 1. The van der Waals surface area contributed by atoms with E-state index in [2.05, 4.69) is 0 Å². The summed E-state index contributed by atoms with van der Waals surface area (Å²) in [7, 11) is 0. The van der Waals surface area contributed by atoms with Crippen LogP contribution in [0.2, 0.25) is 5.02 Å². The van der Waals surface area contributed by atoms with Crippen molar-refractivity contribution < 1.29 is 4.79 Å². The number of nitrogens with zero attached hydrogens (tertiary/aromatic N) is 1. The Bertz CT molecular complexity index is 779. The molecule has 1 heterocycles. The van der Waals surface area contributed by atoms with Gasteiger partial charge in [-0.05, 0) is 48.2 Å². The quantitative estimate of drug-likeness (QED) is 0.608. The molecule has 0 atom stereocenters. The van der Waals surface area contributed by atoms with Crippen LogP contribution in [0.5, 0.6) is 0 Å². The maximum Gasteiger partial charge on any atom is 0.268 e. The Morgan fingerprint density at radius 1 is 1.04 bits per heavy atom. The van der Waals surface area contributed by atoms with Gasteiger partial charge in [0.05, 0.1) is 11.4 Å². The number of thiophene rings is 1. The van der Waals surface area contributed by atoms with Gasteiger partial charge in [0.25, 0.3) is 5.91 Å². The Kier molecular flexibility index (Phi) is 4.79. The predicted octanol–water partition coefficient (Wildman–Crippen LogP) is 5.56. The van der Waals surface area contributed by atoms with E-state index in [0.29, 0.717) is 11.6 Å². The Labute approximate surface area is 145 Å². The lowest BCUT2D eigenvalue weighted by molar-refractivity contribution is 0.0989. The number of rotatable bonds is 4. The molecular weight excluding hydrogens is 326 g/mol. The van der Waals surface area contributed by atoms with Crippen LogP contribution in [-0.4, -0.2) is 5.91 Å². The van der Waals surface area contributed by atoms with Gasteiger partial charge < -0.3 is 4.90 Å². The third-order valence-corrected chi connectivity index (χ3v) is 4.69. The van der Waals surface area contributed by atoms with E-state index >= 15 is 0 Å². The van der Waals surface area contributed by atoms with Crippen molar-refractivity contribution in [1.29, 1.82) is 0 Å². The fourth-order valence-corrected chi connectivity index (χ4v) is 3.11. The highest BCUT2D eigenvalue weighted by Gasteiger charge is 2.19. The van der Waals surface area contributed by atoms with Crippen LogP contribution in [0.1, 0.15) is 20.8 Å². The molecule has 2 aromatic carbocycles. The molecule has 0 saturated heterocycles. The van der Waals surface area contributed by atoms with E-state index in [9.17, 15) is 4.79 Å². The highest BCUT2D eigenvalue weighted by Crippen LogP contribution is 2.23. The maximum absolute atomic E-state index is 12.9. The van der Waals surface area contributed by atoms with E-state index in [1.807, 2.05) is 73.0 Å². The van der Waals surface area contributed by atoms with Crippen LogP contribution in [0.25, 0.3) is 0 Å². The molecule has 0 fully saturated rings. The Morgan fingerprint density at radius 3 is 2.35 bits per heavy atom. The molecule has 0 aliphatic carbocycles. The van der Waals surface area contributed by atoms with Crippen LogP contribution in [0.15, 0.2) is 66.0 Å². The minimum Gasteiger partial charge on any atom is -0.303 e. The zero-order chi connectivity index (χ0) is 16.2. The van der Waals surface area contributed by atoms with Crippen molar-refractivity contribution in [3.05, 3.63) is 87.1 Å². The van der Waals surface area contributed by atoms with Crippen molar-refractivity contribution in [2.45, 2.75) is 13.5 Å². The predicted molar refractivity (Wildman–Crippen MR) is 97.5 cm³/mol. The van der Waals surface area contributed by atoms with Gasteiger partial charge in [-0.3, -0.25) is 4.79 Å². The second-order valence-corrected chi connectivity index (χ2v) is 6.71. The van der Waals surface area contributed by atoms with E-state index < -0.39 is 0 Å². The molecule has 0 aliphatic heterocycles. The highest BCUT2D eigenvalue weighted by molar-refractivity contribution is 7.12. The standard InChI is InChI=1S/C19H16ClNOS/c1-14-4-10-17(11-5-14)21(19(22)18-3-2-12-23-18)13-15-6-8-16(20)9-7-15/h2-12H,13H2,1H3. The van der Waals surface area contributed by atoms with Gasteiger partial charge in [0.15, 0.2) is 0 Å². The maximum atomic E-state index is 12.9. The fraction of sp³-hybridized carbons (Fsp3) is 0.105. The van der Waals surface area contributed by atoms with Gasteiger partial charge in [-0.15, -0.1) is 11.3 Å². The third kappa shape index (κ3) is 3.81. The lowest BCUT2D eigenvalue weighted by Gasteiger charge is -2.22. The number of carbonyl (C=O) groups is 1. The van der Waals surface area contributed by atoms with Crippen LogP contribution in [0.3, 0.4) is 0 Å². The molecule has 0 unspecified atom stereocenters. The zero-order valence-corrected chi connectivity index (χ0v) is 14.3. The van der Waals surface area contributed by atoms with E-state index in [4.69, 9.17) is 11.6 Å². The molecule has 4 heteroatoms. The van der Waals surface area contributed by atoms with Crippen molar-refractivity contribution in [2.24, 2.45) is 0 Å². The monoisotopic (exact) mass is 341 g/mol. The first-order valence-electron chi connectivity index (χ1n) is 7.30. The van der Waals surface area contributed by atoms with Crippen LogP contribution in [0, 0.1) is 6.92 Å². The van der Waals surface area contributed by atoms with Gasteiger partial charge in [-0.1, -0.05) is 47.5 Å². The number of aryl methyl sites for hydroxylation is 1. The largest absolute Gasteiger partial charge is 0.303 e. The van der Waals surface area contributed by atoms with Crippen molar-refractivity contribution >= 4 is 34.5 Å². The minimum absolute atomic E-state index is 0.0128. The summed E-state index contributed by atoms with van der Waals surface area (Å²) in [6.45, 7) is 2.55. The number of hydrogen-bond donors (Lipinski definition) is 0. The smallest absolute Gasteiger partial charge is 0.268 e. The summed E-state index contributed by atoms with van der Waals surface area (Å²) >= 11 is 7.41. The molecular formula is C19H16ClNOS. The minimum atomic E-state index is 0.0128. The average Bonchev–Trinajstić information content (AvgIpc) is 3.09. The molecule has 23 heavy (non-hydrogen) atoms. The van der Waals surface area contributed by atoms with E-state index in [1.54, 1.807) is 4.90 Å². The molecule has 0 N–H and O–H groups in total. The second kappa shape index (κ2) is 6.99. The summed E-state index contributed by atoms with van der Waals surface area (Å²) in [5, 5.41) is 2.61. The van der Waals surface area contributed by atoms with Crippen LogP contribution >= 0.6 is 22.9 Å². The zero-order valence-electron chi connectivity index (χ0n) is 12.7. The number of carbonyl (C=O) groups excluding carboxylic acids is 1. The first kappa shape index (κ1) is 15.8. The lowest BCUT2D eigenvalue weighted by atomic mass is 10.1. The molecule has 3 aromatic rings. The van der Waals surface area contributed by atoms with Crippen molar-refractivity contribution in [3.8, 4) is 0 Å². The van der Waals surface area contributed by atoms with Crippen molar-refractivity contribution in [1.82, 2.24) is 0 Å². The average molecular weight is 342 g/mol. The van der Waals surface area contributed by atoms with Crippen LogP contribution in [-0.2, 0) is 6.54 Å². The van der Waals surface area contributed by atoms with E-state index in [1.165, 1.54) is 16.9 Å². The summed E-state index contributed by atoms with van der Waals surface area (Å²) < 4.78 is 0. The number of hydrogen-bond acceptors (Lipinski definition) is 2. The Morgan fingerprint density at radius 2 is 1.74 bits per heavy atom. The number of anilines is 1. The van der Waals surface area contributed by atoms with Crippen molar-refractivity contribution in [2.75, 3.05) is 4.90 Å². The summed E-state index contributed by atoms with van der Waals surface area (Å²) in [6.07, 6.45) is 0. The van der Waals surface area contributed by atoms with Crippen molar-refractivity contribution in [3.63, 3.8) is 0 Å². The van der Waals surface area contributed by atoms with E-state index in [0.717, 1.165) is 16.1 Å². The molecule has 116 valence electrons. The van der Waals surface area contributed by atoms with Gasteiger partial charge >= 0.3 is 0 Å². The van der Waals surface area contributed by atoms with Crippen LogP contribution < -0.4 is 4.90 Å². The topological polar surface area (TPSA) is 20.3 Å². The van der Waals surface area contributed by atoms with E-state index in [-0.39, 0.29) is 5.91 Å². The SMILES string of the molecule is Cc1ccc(N(Cc2ccc(Cl)cc2)C(=O)c2cccs2)cc1. The normalized spacial score (nSPS) is 10.5. The van der Waals surface area contributed by atoms with Crippen LogP contribution in [0.4, 0.5) is 5.69 Å². The van der Waals surface area contributed by atoms with Gasteiger partial charge in [0.2, 0.25) is 0 Å². The molecule has 2 nitrogen and oxygen atoms in total. The fourth-order valence-electron chi connectivity index (χ4n) is 2.31. The molecule has 0 bridgehead atoms. The lowest BCUT2D eigenvalue weighted by Crippen LogP contribution is -2.29. The Balaban J connectivity index is 1.94. The summed E-state index contributed by atoms with van der Waals surface area (Å²) in [6, 6.07) is 19.4. The van der Waals surface area contributed by atoms with Gasteiger partial charge in [-0.25, -0.2) is 0 Å².